The molecule has 6 nitrogen and oxygen atoms in total. The maximum Gasteiger partial charge on any atom is 0.242 e. The monoisotopic (exact) mass is 351 g/mol. The van der Waals surface area contributed by atoms with E-state index in [1.54, 1.807) is 7.11 Å². The predicted molar refractivity (Wildman–Crippen MR) is 96.1 cm³/mol. The number of nitrogens with one attached hydrogen (secondary N) is 2. The van der Waals surface area contributed by atoms with Gasteiger partial charge in [-0.2, -0.15) is 0 Å². The van der Waals surface area contributed by atoms with E-state index in [1.807, 2.05) is 4.90 Å². The van der Waals surface area contributed by atoms with Crippen LogP contribution in [0.15, 0.2) is 0 Å². The highest BCUT2D eigenvalue weighted by molar-refractivity contribution is 5.89. The Bertz CT molecular complexity index is 465. The molecule has 2 N–H and O–H groups in total. The van der Waals surface area contributed by atoms with Crippen molar-refractivity contribution in [3.63, 3.8) is 0 Å². The van der Waals surface area contributed by atoms with Gasteiger partial charge < -0.3 is 20.3 Å². The summed E-state index contributed by atoms with van der Waals surface area (Å²) in [7, 11) is 1.73. The number of methoxy groups -OCH3 is 1. The summed E-state index contributed by atoms with van der Waals surface area (Å²) < 4.78 is 5.43. The summed E-state index contributed by atoms with van der Waals surface area (Å²) in [5.41, 5.74) is 0.0224. The lowest BCUT2D eigenvalue weighted by Gasteiger charge is -2.37. The fourth-order valence-corrected chi connectivity index (χ4v) is 4.74. The number of hydrogen-bond acceptors (Lipinski definition) is 4. The van der Waals surface area contributed by atoms with Crippen LogP contribution >= 0.6 is 0 Å². The van der Waals surface area contributed by atoms with Gasteiger partial charge in [0.15, 0.2) is 0 Å². The van der Waals surface area contributed by atoms with E-state index >= 15 is 0 Å². The number of likely N-dealkylation sites (tertiary alicyclic amines) is 1. The van der Waals surface area contributed by atoms with Crippen LogP contribution in [-0.2, 0) is 14.3 Å². The zero-order chi connectivity index (χ0) is 17.7. The Kier molecular flexibility index (Phi) is 6.34. The van der Waals surface area contributed by atoms with E-state index < -0.39 is 0 Å². The number of rotatable bonds is 6. The number of carbonyl (C=O) groups excluding carboxylic acids is 2. The zero-order valence-electron chi connectivity index (χ0n) is 15.5. The Morgan fingerprint density at radius 2 is 1.88 bits per heavy atom. The van der Waals surface area contributed by atoms with Crippen molar-refractivity contribution in [3.05, 3.63) is 0 Å². The maximum absolute atomic E-state index is 12.8. The van der Waals surface area contributed by atoms with Gasteiger partial charge in [-0.3, -0.25) is 9.59 Å². The summed E-state index contributed by atoms with van der Waals surface area (Å²) in [5, 5.41) is 6.53. The van der Waals surface area contributed by atoms with Crippen molar-refractivity contribution in [1.82, 2.24) is 15.5 Å². The Hall–Kier alpha value is -1.14. The van der Waals surface area contributed by atoms with Gasteiger partial charge in [0, 0.05) is 31.5 Å². The molecule has 1 saturated carbocycles. The van der Waals surface area contributed by atoms with E-state index in [2.05, 4.69) is 10.6 Å². The van der Waals surface area contributed by atoms with Crippen molar-refractivity contribution in [2.45, 2.75) is 57.4 Å². The van der Waals surface area contributed by atoms with Crippen LogP contribution in [0.25, 0.3) is 0 Å². The molecule has 3 fully saturated rings. The topological polar surface area (TPSA) is 70.7 Å². The highest BCUT2D eigenvalue weighted by Gasteiger charge is 2.39. The Morgan fingerprint density at radius 1 is 1.16 bits per heavy atom. The van der Waals surface area contributed by atoms with Crippen molar-refractivity contribution < 1.29 is 14.3 Å². The smallest absolute Gasteiger partial charge is 0.242 e. The van der Waals surface area contributed by atoms with Crippen molar-refractivity contribution in [2.24, 2.45) is 11.3 Å². The third kappa shape index (κ3) is 4.34. The summed E-state index contributed by atoms with van der Waals surface area (Å²) in [6.45, 7) is 3.98. The molecule has 2 aliphatic heterocycles. The van der Waals surface area contributed by atoms with E-state index in [0.717, 1.165) is 71.0 Å². The fraction of sp³-hybridized carbons (Fsp3) is 0.895. The largest absolute Gasteiger partial charge is 0.384 e. The van der Waals surface area contributed by atoms with Gasteiger partial charge in [0.2, 0.25) is 11.8 Å². The molecule has 1 atom stereocenters. The highest BCUT2D eigenvalue weighted by Crippen LogP contribution is 2.31. The van der Waals surface area contributed by atoms with Gasteiger partial charge in [0.1, 0.15) is 6.04 Å². The van der Waals surface area contributed by atoms with Crippen molar-refractivity contribution in [1.29, 1.82) is 0 Å². The fourth-order valence-electron chi connectivity index (χ4n) is 4.74. The minimum Gasteiger partial charge on any atom is -0.384 e. The minimum atomic E-state index is -0.269. The summed E-state index contributed by atoms with van der Waals surface area (Å²) in [5.74, 6) is 0.388. The van der Waals surface area contributed by atoms with Crippen LogP contribution in [0.5, 0.6) is 0 Å². The van der Waals surface area contributed by atoms with Gasteiger partial charge in [-0.05, 0) is 51.6 Å². The van der Waals surface area contributed by atoms with Crippen LogP contribution in [0.3, 0.4) is 0 Å². The molecule has 2 heterocycles. The standard InChI is InChI=1S/C19H33N3O3/c1-25-14-19(8-10-20-11-9-19)13-21-17(23)16-7-4-12-22(16)18(24)15-5-2-3-6-15/h15-16,20H,2-14H2,1H3,(H,21,23). The summed E-state index contributed by atoms with van der Waals surface area (Å²) in [4.78, 5) is 27.4. The lowest BCUT2D eigenvalue weighted by molar-refractivity contribution is -0.141. The molecule has 0 bridgehead atoms. The first-order chi connectivity index (χ1) is 12.2. The number of hydrogen-bond donors (Lipinski definition) is 2. The summed E-state index contributed by atoms with van der Waals surface area (Å²) in [6, 6.07) is -0.269. The molecule has 0 aromatic rings. The van der Waals surface area contributed by atoms with Crippen molar-refractivity contribution in [3.8, 4) is 0 Å². The second-order valence-electron chi connectivity index (χ2n) is 8.07. The Morgan fingerprint density at radius 3 is 2.56 bits per heavy atom. The molecular formula is C19H33N3O3. The van der Waals surface area contributed by atoms with Gasteiger partial charge in [-0.15, -0.1) is 0 Å². The molecule has 0 aromatic carbocycles. The van der Waals surface area contributed by atoms with E-state index in [4.69, 9.17) is 4.74 Å². The first kappa shape index (κ1) is 18.6. The maximum atomic E-state index is 12.8. The van der Waals surface area contributed by atoms with Gasteiger partial charge in [-0.1, -0.05) is 12.8 Å². The number of carbonyl (C=O) groups is 2. The first-order valence-corrected chi connectivity index (χ1v) is 9.93. The minimum absolute atomic E-state index is 0.0224. The number of ether oxygens (including phenoxy) is 1. The molecule has 3 aliphatic rings. The zero-order valence-corrected chi connectivity index (χ0v) is 15.5. The molecule has 1 unspecified atom stereocenters. The molecule has 25 heavy (non-hydrogen) atoms. The first-order valence-electron chi connectivity index (χ1n) is 9.93. The van der Waals surface area contributed by atoms with E-state index in [0.29, 0.717) is 13.2 Å². The third-order valence-corrected chi connectivity index (χ3v) is 6.30. The lowest BCUT2D eigenvalue weighted by atomic mass is 9.79. The van der Waals surface area contributed by atoms with E-state index in [1.165, 1.54) is 0 Å². The van der Waals surface area contributed by atoms with Crippen LogP contribution in [0, 0.1) is 11.3 Å². The Labute approximate surface area is 151 Å². The molecule has 2 saturated heterocycles. The average molecular weight is 351 g/mol. The SMILES string of the molecule is COCC1(CNC(=O)C2CCCN2C(=O)C2CCCC2)CCNCC1. The average Bonchev–Trinajstić information content (AvgIpc) is 3.32. The van der Waals surface area contributed by atoms with Gasteiger partial charge in [0.25, 0.3) is 0 Å². The van der Waals surface area contributed by atoms with E-state index in [-0.39, 0.29) is 29.2 Å². The molecular weight excluding hydrogens is 318 g/mol. The van der Waals surface area contributed by atoms with Gasteiger partial charge in [-0.25, -0.2) is 0 Å². The molecule has 0 radical (unpaired) electrons. The van der Waals surface area contributed by atoms with Crippen LogP contribution in [-0.4, -0.2) is 62.7 Å². The van der Waals surface area contributed by atoms with Crippen LogP contribution in [0.2, 0.25) is 0 Å². The quantitative estimate of drug-likeness (QED) is 0.757. The molecule has 0 aromatic heterocycles. The molecule has 6 heteroatoms. The predicted octanol–water partition coefficient (Wildman–Crippen LogP) is 1.30. The number of piperidine rings is 1. The number of nitrogens with zero attached hydrogens (tertiary/aromatic N) is 1. The van der Waals surface area contributed by atoms with Crippen LogP contribution in [0.1, 0.15) is 51.4 Å². The summed E-state index contributed by atoms with van der Waals surface area (Å²) >= 11 is 0. The molecule has 2 amide bonds. The van der Waals surface area contributed by atoms with Gasteiger partial charge in [0.05, 0.1) is 6.61 Å². The van der Waals surface area contributed by atoms with E-state index in [9.17, 15) is 9.59 Å². The second kappa shape index (κ2) is 8.49. The highest BCUT2D eigenvalue weighted by atomic mass is 16.5. The summed E-state index contributed by atoms with van der Waals surface area (Å²) in [6.07, 6.45) is 8.03. The lowest BCUT2D eigenvalue weighted by Crippen LogP contribution is -2.52. The number of amides is 2. The second-order valence-corrected chi connectivity index (χ2v) is 8.07. The normalized spacial score (nSPS) is 26.8. The van der Waals surface area contributed by atoms with Crippen molar-refractivity contribution >= 4 is 11.8 Å². The van der Waals surface area contributed by atoms with Crippen LogP contribution < -0.4 is 10.6 Å². The van der Waals surface area contributed by atoms with Crippen LogP contribution in [0.4, 0.5) is 0 Å². The molecule has 142 valence electrons. The van der Waals surface area contributed by atoms with Gasteiger partial charge >= 0.3 is 0 Å². The molecule has 3 rings (SSSR count). The van der Waals surface area contributed by atoms with Crippen molar-refractivity contribution in [2.75, 3.05) is 39.9 Å². The third-order valence-electron chi connectivity index (χ3n) is 6.30. The Balaban J connectivity index is 1.56. The molecule has 0 spiro atoms. The molecule has 1 aliphatic carbocycles.